The first kappa shape index (κ1) is 23.8. The average molecular weight is 449 g/mol. The molecule has 0 radical (unpaired) electrons. The Balaban J connectivity index is 1.33. The number of unbranched alkanes of at least 4 members (excludes halogenated alkanes) is 1. The molecule has 4 rings (SSSR count). The molecule has 0 saturated carbocycles. The van der Waals surface area contributed by atoms with E-state index < -0.39 is 0 Å². The van der Waals surface area contributed by atoms with Gasteiger partial charge in [-0.3, -0.25) is 0 Å². The van der Waals surface area contributed by atoms with Crippen LogP contribution >= 0.6 is 0 Å². The summed E-state index contributed by atoms with van der Waals surface area (Å²) in [6, 6.07) is 18.4. The van der Waals surface area contributed by atoms with E-state index in [2.05, 4.69) is 72.2 Å². The second-order valence-corrected chi connectivity index (χ2v) is 9.32. The number of benzene rings is 2. The van der Waals surface area contributed by atoms with Gasteiger partial charge < -0.3 is 20.1 Å². The van der Waals surface area contributed by atoms with Crippen molar-refractivity contribution < 1.29 is 9.47 Å². The van der Waals surface area contributed by atoms with Crippen LogP contribution in [0.3, 0.4) is 0 Å². The maximum atomic E-state index is 6.00. The molecule has 0 aromatic heterocycles. The number of allylic oxidation sites excluding steroid dienone is 1. The summed E-state index contributed by atoms with van der Waals surface area (Å²) in [6.07, 6.45) is 11.8. The second kappa shape index (κ2) is 12.8. The van der Waals surface area contributed by atoms with E-state index in [0.717, 1.165) is 63.5 Å². The summed E-state index contributed by atoms with van der Waals surface area (Å²) in [4.78, 5) is 0. The van der Waals surface area contributed by atoms with Crippen molar-refractivity contribution in [1.82, 2.24) is 10.6 Å². The Hall–Kier alpha value is -2.30. The van der Waals surface area contributed by atoms with Gasteiger partial charge in [-0.25, -0.2) is 0 Å². The van der Waals surface area contributed by atoms with E-state index >= 15 is 0 Å². The molecular weight excluding hydrogens is 408 g/mol. The molecule has 2 atom stereocenters. The van der Waals surface area contributed by atoms with Crippen LogP contribution in [0.4, 0.5) is 0 Å². The van der Waals surface area contributed by atoms with Crippen molar-refractivity contribution in [3.05, 3.63) is 65.7 Å². The van der Waals surface area contributed by atoms with Crippen LogP contribution in [0, 0.1) is 0 Å². The minimum atomic E-state index is 0.624. The Morgan fingerprint density at radius 2 is 1.27 bits per heavy atom. The predicted molar refractivity (Wildman–Crippen MR) is 137 cm³/mol. The molecule has 2 aromatic rings. The van der Waals surface area contributed by atoms with Gasteiger partial charge in [-0.1, -0.05) is 43.7 Å². The average Bonchev–Trinajstić information content (AvgIpc) is 3.56. The molecule has 0 aliphatic carbocycles. The van der Waals surface area contributed by atoms with E-state index in [4.69, 9.17) is 9.47 Å². The van der Waals surface area contributed by atoms with Crippen molar-refractivity contribution in [2.45, 2.75) is 70.4 Å². The Labute approximate surface area is 199 Å². The first-order valence-corrected chi connectivity index (χ1v) is 12.9. The summed E-state index contributed by atoms with van der Waals surface area (Å²) < 4.78 is 12.0. The standard InChI is InChI=1S/C29H40N2O2/c1-2-3-8-29(23-9-13-27(14-10-23)32-21-17-25-6-4-19-30-25)24-11-15-28(16-12-24)33-22-18-26-7-5-20-31-26/h8-16,25-26,30-31H,2-7,17-22H2,1H3. The quantitative estimate of drug-likeness (QED) is 0.420. The first-order chi connectivity index (χ1) is 16.3. The van der Waals surface area contributed by atoms with E-state index in [0.29, 0.717) is 12.1 Å². The van der Waals surface area contributed by atoms with Gasteiger partial charge in [0.15, 0.2) is 0 Å². The number of hydrogen-bond acceptors (Lipinski definition) is 4. The summed E-state index contributed by atoms with van der Waals surface area (Å²) in [6.45, 7) is 6.07. The zero-order valence-corrected chi connectivity index (χ0v) is 20.2. The van der Waals surface area contributed by atoms with Gasteiger partial charge in [0, 0.05) is 12.1 Å². The Morgan fingerprint density at radius 1 is 0.788 bits per heavy atom. The zero-order valence-electron chi connectivity index (χ0n) is 20.2. The Kier molecular flexibility index (Phi) is 9.26. The lowest BCUT2D eigenvalue weighted by Gasteiger charge is -2.14. The molecule has 2 aliphatic rings. The number of nitrogens with one attached hydrogen (secondary N) is 2. The van der Waals surface area contributed by atoms with Gasteiger partial charge in [0.25, 0.3) is 0 Å². The van der Waals surface area contributed by atoms with Gasteiger partial charge in [-0.15, -0.1) is 0 Å². The van der Waals surface area contributed by atoms with Crippen LogP contribution in [0.5, 0.6) is 11.5 Å². The fourth-order valence-corrected chi connectivity index (χ4v) is 4.80. The maximum Gasteiger partial charge on any atom is 0.119 e. The van der Waals surface area contributed by atoms with Gasteiger partial charge in [0.05, 0.1) is 13.2 Å². The van der Waals surface area contributed by atoms with Crippen LogP contribution in [0.25, 0.3) is 5.57 Å². The van der Waals surface area contributed by atoms with E-state index in [-0.39, 0.29) is 0 Å². The van der Waals surface area contributed by atoms with Gasteiger partial charge in [0.2, 0.25) is 0 Å². The molecule has 178 valence electrons. The third kappa shape index (κ3) is 7.35. The lowest BCUT2D eigenvalue weighted by atomic mass is 9.96. The highest BCUT2D eigenvalue weighted by molar-refractivity contribution is 5.80. The van der Waals surface area contributed by atoms with E-state index in [1.54, 1.807) is 0 Å². The van der Waals surface area contributed by atoms with Crippen molar-refractivity contribution in [1.29, 1.82) is 0 Å². The fraction of sp³-hybridized carbons (Fsp3) is 0.517. The molecule has 0 amide bonds. The molecule has 4 nitrogen and oxygen atoms in total. The number of ether oxygens (including phenoxy) is 2. The highest BCUT2D eigenvalue weighted by Gasteiger charge is 2.14. The Morgan fingerprint density at radius 3 is 1.67 bits per heavy atom. The maximum absolute atomic E-state index is 6.00. The SMILES string of the molecule is CCCC=C(c1ccc(OCCC2CCCN2)cc1)c1ccc(OCCC2CCCN2)cc1. The summed E-state index contributed by atoms with van der Waals surface area (Å²) in [5, 5.41) is 7.07. The van der Waals surface area contributed by atoms with Crippen molar-refractivity contribution in [2.75, 3.05) is 26.3 Å². The molecule has 2 fully saturated rings. The van der Waals surface area contributed by atoms with Gasteiger partial charge >= 0.3 is 0 Å². The third-order valence-corrected chi connectivity index (χ3v) is 6.76. The molecule has 2 aromatic carbocycles. The molecular formula is C29H40N2O2. The molecule has 0 bridgehead atoms. The zero-order chi connectivity index (χ0) is 22.7. The van der Waals surface area contributed by atoms with Gasteiger partial charge in [-0.2, -0.15) is 0 Å². The molecule has 4 heteroatoms. The van der Waals surface area contributed by atoms with Crippen LogP contribution < -0.4 is 20.1 Å². The summed E-state index contributed by atoms with van der Waals surface area (Å²) in [5.74, 6) is 1.90. The minimum Gasteiger partial charge on any atom is -0.494 e. The third-order valence-electron chi connectivity index (χ3n) is 6.76. The van der Waals surface area contributed by atoms with Gasteiger partial charge in [0.1, 0.15) is 11.5 Å². The van der Waals surface area contributed by atoms with Crippen LogP contribution in [-0.4, -0.2) is 38.4 Å². The summed E-state index contributed by atoms with van der Waals surface area (Å²) >= 11 is 0. The molecule has 33 heavy (non-hydrogen) atoms. The van der Waals surface area contributed by atoms with E-state index in [1.807, 2.05) is 0 Å². The van der Waals surface area contributed by atoms with E-state index in [1.165, 1.54) is 42.4 Å². The molecule has 2 unspecified atom stereocenters. The van der Waals surface area contributed by atoms with Crippen molar-refractivity contribution in [2.24, 2.45) is 0 Å². The molecule has 2 aliphatic heterocycles. The van der Waals surface area contributed by atoms with Crippen LogP contribution in [-0.2, 0) is 0 Å². The smallest absolute Gasteiger partial charge is 0.119 e. The lowest BCUT2D eigenvalue weighted by molar-refractivity contribution is 0.292. The fourth-order valence-electron chi connectivity index (χ4n) is 4.80. The Bertz CT molecular complexity index is 781. The molecule has 0 spiro atoms. The molecule has 2 N–H and O–H groups in total. The van der Waals surface area contributed by atoms with Crippen molar-refractivity contribution in [3.63, 3.8) is 0 Å². The second-order valence-electron chi connectivity index (χ2n) is 9.32. The van der Waals surface area contributed by atoms with Crippen molar-refractivity contribution >= 4 is 5.57 Å². The number of hydrogen-bond donors (Lipinski definition) is 2. The highest BCUT2D eigenvalue weighted by Crippen LogP contribution is 2.28. The topological polar surface area (TPSA) is 42.5 Å². The first-order valence-electron chi connectivity index (χ1n) is 12.9. The minimum absolute atomic E-state index is 0.624. The largest absolute Gasteiger partial charge is 0.494 e. The number of rotatable bonds is 12. The summed E-state index contributed by atoms with van der Waals surface area (Å²) in [5.41, 5.74) is 3.74. The monoisotopic (exact) mass is 448 g/mol. The van der Waals surface area contributed by atoms with Crippen LogP contribution in [0.2, 0.25) is 0 Å². The molecule has 2 heterocycles. The van der Waals surface area contributed by atoms with Crippen molar-refractivity contribution in [3.8, 4) is 11.5 Å². The van der Waals surface area contributed by atoms with Crippen LogP contribution in [0.1, 0.15) is 69.4 Å². The normalized spacial score (nSPS) is 20.0. The summed E-state index contributed by atoms with van der Waals surface area (Å²) in [7, 11) is 0. The lowest BCUT2D eigenvalue weighted by Crippen LogP contribution is -2.23. The van der Waals surface area contributed by atoms with Crippen LogP contribution in [0.15, 0.2) is 54.6 Å². The van der Waals surface area contributed by atoms with Gasteiger partial charge in [-0.05, 0) is 99.0 Å². The molecule has 2 saturated heterocycles. The predicted octanol–water partition coefficient (Wildman–Crippen LogP) is 5.96. The highest BCUT2D eigenvalue weighted by atomic mass is 16.5. The van der Waals surface area contributed by atoms with E-state index in [9.17, 15) is 0 Å².